The van der Waals surface area contributed by atoms with Gasteiger partial charge in [0.05, 0.1) is 7.11 Å². The van der Waals surface area contributed by atoms with Gasteiger partial charge >= 0.3 is 0 Å². The van der Waals surface area contributed by atoms with E-state index in [-0.39, 0.29) is 11.5 Å². The van der Waals surface area contributed by atoms with Crippen LogP contribution in [0.3, 0.4) is 0 Å². The van der Waals surface area contributed by atoms with E-state index in [0.29, 0.717) is 36.0 Å². The first-order valence-electron chi connectivity index (χ1n) is 10.1. The molecular formula is C22H29NO3. The van der Waals surface area contributed by atoms with Crippen molar-refractivity contribution < 1.29 is 14.3 Å². The van der Waals surface area contributed by atoms with Crippen molar-refractivity contribution >= 4 is 5.78 Å². The van der Waals surface area contributed by atoms with Crippen LogP contribution in [-0.2, 0) is 16.6 Å². The number of Topliss-reactive ketones (excluding diaryl/α,β-unsaturated/α-hetero) is 1. The van der Waals surface area contributed by atoms with Crippen LogP contribution < -0.4 is 9.47 Å². The van der Waals surface area contributed by atoms with Crippen LogP contribution in [0.15, 0.2) is 12.1 Å². The first-order chi connectivity index (χ1) is 12.5. The van der Waals surface area contributed by atoms with Crippen LogP contribution in [0.5, 0.6) is 11.5 Å². The molecule has 1 saturated heterocycles. The lowest BCUT2D eigenvalue weighted by Crippen LogP contribution is -2.68. The summed E-state index contributed by atoms with van der Waals surface area (Å²) >= 11 is 0. The number of methoxy groups -OCH3 is 1. The van der Waals surface area contributed by atoms with E-state index in [4.69, 9.17) is 9.47 Å². The molecule has 4 nitrogen and oxygen atoms in total. The van der Waals surface area contributed by atoms with E-state index in [1.807, 2.05) is 6.07 Å². The Morgan fingerprint density at radius 3 is 2.92 bits per heavy atom. The molecule has 0 N–H and O–H groups in total. The molecule has 1 aromatic carbocycles. The summed E-state index contributed by atoms with van der Waals surface area (Å²) in [5.74, 6) is 3.47. The van der Waals surface area contributed by atoms with Crippen molar-refractivity contribution in [1.29, 1.82) is 0 Å². The van der Waals surface area contributed by atoms with Crippen LogP contribution in [0, 0.1) is 17.8 Å². The van der Waals surface area contributed by atoms with Crippen molar-refractivity contribution in [1.82, 2.24) is 4.90 Å². The first-order valence-corrected chi connectivity index (χ1v) is 10.1. The van der Waals surface area contributed by atoms with Crippen LogP contribution in [-0.4, -0.2) is 43.5 Å². The molecule has 2 aliphatic heterocycles. The van der Waals surface area contributed by atoms with E-state index in [0.717, 1.165) is 37.3 Å². The van der Waals surface area contributed by atoms with Crippen LogP contribution in [0.2, 0.25) is 0 Å². The number of nitrogens with zero attached hydrogens (tertiary/aromatic N) is 1. The Hall–Kier alpha value is -1.55. The van der Waals surface area contributed by atoms with Crippen LogP contribution in [0.1, 0.15) is 44.2 Å². The summed E-state index contributed by atoms with van der Waals surface area (Å²) in [5.41, 5.74) is 2.55. The fourth-order valence-electron chi connectivity index (χ4n) is 6.68. The van der Waals surface area contributed by atoms with Crippen LogP contribution >= 0.6 is 0 Å². The minimum Gasteiger partial charge on any atom is -0.493 e. The number of rotatable bonds is 3. The molecule has 2 fully saturated rings. The number of likely N-dealkylation sites (N-methyl/N-ethyl adjacent to an activating group) is 1. The Morgan fingerprint density at radius 1 is 1.38 bits per heavy atom. The molecule has 5 unspecified atom stereocenters. The normalized spacial score (nSPS) is 38.5. The standard InChI is InChI=1S/C22H29NO3/c1-5-12(2)14-11-16(24)21-22-8-9-23(3)15(19(14)22)10-13-6-7-17(25-4)20(26-21)18(13)22/h6-7,12,14-15,19,21H,5,8-11H2,1-4H3/t12?,14-,15?,19?,21?,22?/m1/s1. The van der Waals surface area contributed by atoms with Crippen molar-refractivity contribution in [2.45, 2.75) is 57.1 Å². The topological polar surface area (TPSA) is 38.8 Å². The zero-order valence-electron chi connectivity index (χ0n) is 16.2. The van der Waals surface area contributed by atoms with Gasteiger partial charge in [-0.1, -0.05) is 26.3 Å². The maximum Gasteiger partial charge on any atom is 0.174 e. The maximum atomic E-state index is 13.3. The van der Waals surface area contributed by atoms with Gasteiger partial charge in [-0.25, -0.2) is 0 Å². The zero-order valence-corrected chi connectivity index (χ0v) is 16.2. The number of piperidine rings is 1. The molecule has 0 radical (unpaired) electrons. The van der Waals surface area contributed by atoms with Gasteiger partial charge in [-0.2, -0.15) is 0 Å². The fourth-order valence-corrected chi connectivity index (χ4v) is 6.68. The first kappa shape index (κ1) is 16.6. The lowest BCUT2D eigenvalue weighted by molar-refractivity contribution is -0.146. The number of likely N-dealkylation sites (tertiary alicyclic amines) is 1. The average molecular weight is 355 g/mol. The summed E-state index contributed by atoms with van der Waals surface area (Å²) in [5, 5.41) is 0. The monoisotopic (exact) mass is 355 g/mol. The van der Waals surface area contributed by atoms with Crippen LogP contribution in [0.4, 0.5) is 0 Å². The second-order valence-corrected chi connectivity index (χ2v) is 8.92. The number of ether oxygens (including phenoxy) is 2. The van der Waals surface area contributed by atoms with Crippen molar-refractivity contribution in [3.05, 3.63) is 23.3 Å². The summed E-state index contributed by atoms with van der Waals surface area (Å²) in [6.07, 6.45) is 3.56. The molecule has 2 heterocycles. The fraction of sp³-hybridized carbons (Fsp3) is 0.682. The second-order valence-electron chi connectivity index (χ2n) is 8.92. The van der Waals surface area contributed by atoms with E-state index in [9.17, 15) is 4.79 Å². The van der Waals surface area contributed by atoms with Gasteiger partial charge in [-0.3, -0.25) is 4.79 Å². The molecule has 5 rings (SSSR count). The third-order valence-corrected chi connectivity index (χ3v) is 8.04. The Labute approximate surface area is 155 Å². The highest BCUT2D eigenvalue weighted by Gasteiger charge is 2.68. The summed E-state index contributed by atoms with van der Waals surface area (Å²) in [6.45, 7) is 5.63. The highest BCUT2D eigenvalue weighted by molar-refractivity contribution is 5.89. The molecule has 2 bridgehead atoms. The van der Waals surface area contributed by atoms with E-state index >= 15 is 0 Å². The zero-order chi connectivity index (χ0) is 18.2. The number of carbonyl (C=O) groups is 1. The number of benzene rings is 1. The van der Waals surface area contributed by atoms with Gasteiger partial charge in [0.2, 0.25) is 0 Å². The summed E-state index contributed by atoms with van der Waals surface area (Å²) in [6, 6.07) is 4.74. The molecule has 26 heavy (non-hydrogen) atoms. The highest BCUT2D eigenvalue weighted by Crippen LogP contribution is 2.65. The van der Waals surface area contributed by atoms with E-state index < -0.39 is 0 Å². The number of hydrogen-bond acceptors (Lipinski definition) is 4. The lowest BCUT2D eigenvalue weighted by atomic mass is 9.47. The van der Waals surface area contributed by atoms with Gasteiger partial charge in [0.25, 0.3) is 0 Å². The maximum absolute atomic E-state index is 13.3. The smallest absolute Gasteiger partial charge is 0.174 e. The van der Waals surface area contributed by atoms with Gasteiger partial charge in [0.15, 0.2) is 23.4 Å². The lowest BCUT2D eigenvalue weighted by Gasteiger charge is -2.60. The molecule has 1 saturated carbocycles. The molecule has 140 valence electrons. The average Bonchev–Trinajstić information content (AvgIpc) is 3.00. The van der Waals surface area contributed by atoms with E-state index in [1.165, 1.54) is 11.1 Å². The third kappa shape index (κ3) is 1.81. The number of hydrogen-bond donors (Lipinski definition) is 0. The van der Waals surface area contributed by atoms with E-state index in [2.05, 4.69) is 31.9 Å². The van der Waals surface area contributed by atoms with Crippen molar-refractivity contribution in [3.63, 3.8) is 0 Å². The molecule has 4 aliphatic rings. The summed E-state index contributed by atoms with van der Waals surface area (Å²) < 4.78 is 12.0. The van der Waals surface area contributed by atoms with Gasteiger partial charge in [0.1, 0.15) is 0 Å². The SMILES string of the molecule is CCC(C)[C@H]1CC(=O)C2Oc3c(OC)ccc4c3C23CCN(C)C(C4)C13. The van der Waals surface area contributed by atoms with Crippen LogP contribution in [0.25, 0.3) is 0 Å². The third-order valence-electron chi connectivity index (χ3n) is 8.04. The molecule has 0 aromatic heterocycles. The largest absolute Gasteiger partial charge is 0.493 e. The predicted octanol–water partition coefficient (Wildman–Crippen LogP) is 3.21. The Bertz CT molecular complexity index is 775. The second kappa shape index (κ2) is 5.48. The van der Waals surface area contributed by atoms with Gasteiger partial charge in [-0.05, 0) is 55.8 Å². The molecule has 1 aromatic rings. The van der Waals surface area contributed by atoms with Gasteiger partial charge < -0.3 is 14.4 Å². The minimum absolute atomic E-state index is 0.141. The highest BCUT2D eigenvalue weighted by atomic mass is 16.5. The van der Waals surface area contributed by atoms with Crippen molar-refractivity contribution in [2.24, 2.45) is 17.8 Å². The molecule has 4 heteroatoms. The Morgan fingerprint density at radius 2 is 2.19 bits per heavy atom. The summed E-state index contributed by atoms with van der Waals surface area (Å²) in [7, 11) is 3.96. The molecule has 6 atom stereocenters. The van der Waals surface area contributed by atoms with Crippen molar-refractivity contribution in [3.8, 4) is 11.5 Å². The molecule has 2 aliphatic carbocycles. The Balaban J connectivity index is 1.77. The van der Waals surface area contributed by atoms with Gasteiger partial charge in [0, 0.05) is 23.4 Å². The molecule has 1 spiro atoms. The number of ketones is 1. The van der Waals surface area contributed by atoms with E-state index in [1.54, 1.807) is 7.11 Å². The number of carbonyl (C=O) groups excluding carboxylic acids is 1. The van der Waals surface area contributed by atoms with Crippen molar-refractivity contribution in [2.75, 3.05) is 20.7 Å². The predicted molar refractivity (Wildman–Crippen MR) is 99.9 cm³/mol. The molecular weight excluding hydrogens is 326 g/mol. The summed E-state index contributed by atoms with van der Waals surface area (Å²) in [4.78, 5) is 15.8. The quantitative estimate of drug-likeness (QED) is 0.835. The van der Waals surface area contributed by atoms with Gasteiger partial charge in [-0.15, -0.1) is 0 Å². The molecule has 0 amide bonds. The Kier molecular flexibility index (Phi) is 3.50. The minimum atomic E-state index is -0.311.